The maximum Gasteiger partial charge on any atom is 0.435 e. The lowest BCUT2D eigenvalue weighted by Crippen LogP contribution is -2.21. The Bertz CT molecular complexity index is 1500. The van der Waals surface area contributed by atoms with Gasteiger partial charge in [-0.3, -0.25) is 4.79 Å². The first-order chi connectivity index (χ1) is 16.8. The van der Waals surface area contributed by atoms with E-state index in [9.17, 15) is 31.6 Å². The molecule has 2 aromatic heterocycles. The van der Waals surface area contributed by atoms with E-state index in [1.165, 1.54) is 30.3 Å². The molecule has 1 N–H and O–H groups in total. The second kappa shape index (κ2) is 8.83. The first-order valence-corrected chi connectivity index (χ1v) is 12.2. The first-order valence-electron chi connectivity index (χ1n) is 10.3. The highest BCUT2D eigenvalue weighted by atomic mass is 32.2. The van der Waals surface area contributed by atoms with Gasteiger partial charge >= 0.3 is 6.18 Å². The monoisotopic (exact) mass is 518 g/mol. The number of ether oxygens (including phenoxy) is 1. The van der Waals surface area contributed by atoms with Gasteiger partial charge in [0, 0.05) is 18.0 Å². The van der Waals surface area contributed by atoms with Crippen LogP contribution in [0.25, 0.3) is 0 Å². The van der Waals surface area contributed by atoms with Gasteiger partial charge in [0.25, 0.3) is 11.8 Å². The normalized spacial score (nSPS) is 14.6. The lowest BCUT2D eigenvalue weighted by molar-refractivity contribution is -0.142. The topological polar surface area (TPSA) is 148 Å². The molecule has 0 unspecified atom stereocenters. The second-order valence-electron chi connectivity index (χ2n) is 8.16. The number of rotatable bonds is 6. The van der Waals surface area contributed by atoms with E-state index in [0.29, 0.717) is 18.5 Å². The van der Waals surface area contributed by atoms with Gasteiger partial charge < -0.3 is 10.1 Å². The standard InChI is InChI=1S/C22H17F3N6O4S/c1-12-17(19(32)27-13-4-3-5-14(10-13)36(2,33)34)20(31-30-18(12)22(23,24)25)35-16-7-6-15(28-29-16)21(11-26)8-9-21/h3-7,10H,8-9H2,1-2H3,(H,27,32). The van der Waals surface area contributed by atoms with Crippen LogP contribution < -0.4 is 10.1 Å². The molecule has 1 amide bonds. The van der Waals surface area contributed by atoms with Crippen molar-refractivity contribution in [1.82, 2.24) is 20.4 Å². The number of nitrogens with zero attached hydrogens (tertiary/aromatic N) is 5. The van der Waals surface area contributed by atoms with Gasteiger partial charge in [-0.05, 0) is 49.6 Å². The molecule has 2 heterocycles. The number of amides is 1. The fourth-order valence-corrected chi connectivity index (χ4v) is 4.05. The average Bonchev–Trinajstić information content (AvgIpc) is 3.60. The zero-order chi connectivity index (χ0) is 26.3. The van der Waals surface area contributed by atoms with Crippen molar-refractivity contribution in [2.75, 3.05) is 11.6 Å². The Hall–Kier alpha value is -4.12. The van der Waals surface area contributed by atoms with E-state index in [2.05, 4.69) is 31.8 Å². The van der Waals surface area contributed by atoms with E-state index < -0.39 is 50.0 Å². The third-order valence-electron chi connectivity index (χ3n) is 5.50. The fourth-order valence-electron chi connectivity index (χ4n) is 3.38. The fraction of sp³-hybridized carbons (Fsp3) is 0.273. The van der Waals surface area contributed by atoms with Crippen LogP contribution in [0.5, 0.6) is 11.8 Å². The van der Waals surface area contributed by atoms with E-state index in [1.54, 1.807) is 0 Å². The van der Waals surface area contributed by atoms with Crippen molar-refractivity contribution in [2.24, 2.45) is 0 Å². The highest BCUT2D eigenvalue weighted by molar-refractivity contribution is 7.90. The summed E-state index contributed by atoms with van der Waals surface area (Å²) in [7, 11) is -3.60. The molecule has 0 bridgehead atoms. The number of hydrogen-bond donors (Lipinski definition) is 1. The zero-order valence-electron chi connectivity index (χ0n) is 18.8. The molecule has 1 aliphatic rings. The number of alkyl halides is 3. The molecule has 0 radical (unpaired) electrons. The lowest BCUT2D eigenvalue weighted by atomic mass is 10.1. The maximum absolute atomic E-state index is 13.5. The van der Waals surface area contributed by atoms with E-state index in [-0.39, 0.29) is 16.5 Å². The largest absolute Gasteiger partial charge is 0.435 e. The van der Waals surface area contributed by atoms with Crippen molar-refractivity contribution < 1.29 is 31.1 Å². The van der Waals surface area contributed by atoms with Gasteiger partial charge in [0.15, 0.2) is 15.5 Å². The number of aromatic nitrogens is 4. The van der Waals surface area contributed by atoms with Crippen LogP contribution in [0.4, 0.5) is 18.9 Å². The highest BCUT2D eigenvalue weighted by Crippen LogP contribution is 2.46. The number of halogens is 3. The molecular weight excluding hydrogens is 501 g/mol. The van der Waals surface area contributed by atoms with E-state index in [4.69, 9.17) is 4.74 Å². The Labute approximate surface area is 203 Å². The van der Waals surface area contributed by atoms with Gasteiger partial charge in [0.1, 0.15) is 11.0 Å². The van der Waals surface area contributed by atoms with Gasteiger partial charge in [-0.25, -0.2) is 8.42 Å². The molecule has 0 spiro atoms. The first kappa shape index (κ1) is 25.0. The summed E-state index contributed by atoms with van der Waals surface area (Å²) in [4.78, 5) is 13.0. The number of benzene rings is 1. The minimum absolute atomic E-state index is 0.0222. The van der Waals surface area contributed by atoms with Gasteiger partial charge in [-0.2, -0.15) is 23.5 Å². The summed E-state index contributed by atoms with van der Waals surface area (Å²) in [6, 6.07) is 10.2. The van der Waals surface area contributed by atoms with Crippen molar-refractivity contribution in [1.29, 1.82) is 5.26 Å². The molecule has 0 atom stereocenters. The van der Waals surface area contributed by atoms with Crippen molar-refractivity contribution in [3.8, 4) is 17.8 Å². The number of anilines is 1. The van der Waals surface area contributed by atoms with Crippen LogP contribution in [0.1, 0.15) is 40.2 Å². The average molecular weight is 518 g/mol. The number of hydrogen-bond acceptors (Lipinski definition) is 9. The number of nitrogens with one attached hydrogen (secondary N) is 1. The number of carbonyl (C=O) groups is 1. The molecule has 0 saturated heterocycles. The number of carbonyl (C=O) groups excluding carboxylic acids is 1. The van der Waals surface area contributed by atoms with Crippen molar-refractivity contribution in [3.63, 3.8) is 0 Å². The minimum Gasteiger partial charge on any atom is -0.417 e. The summed E-state index contributed by atoms with van der Waals surface area (Å²) >= 11 is 0. The van der Waals surface area contributed by atoms with Crippen LogP contribution in [0.3, 0.4) is 0 Å². The minimum atomic E-state index is -4.90. The Morgan fingerprint density at radius 3 is 2.42 bits per heavy atom. The number of nitriles is 1. The van der Waals surface area contributed by atoms with Crippen molar-refractivity contribution >= 4 is 21.4 Å². The summed E-state index contributed by atoms with van der Waals surface area (Å²) in [5.74, 6) is -1.80. The summed E-state index contributed by atoms with van der Waals surface area (Å²) in [5, 5.41) is 26.1. The zero-order valence-corrected chi connectivity index (χ0v) is 19.6. The molecular formula is C22H17F3N6O4S. The van der Waals surface area contributed by atoms with Crippen molar-refractivity contribution in [2.45, 2.75) is 36.3 Å². The Kier molecular flexibility index (Phi) is 6.13. The molecule has 1 fully saturated rings. The predicted molar refractivity (Wildman–Crippen MR) is 118 cm³/mol. The van der Waals surface area contributed by atoms with E-state index in [0.717, 1.165) is 19.2 Å². The van der Waals surface area contributed by atoms with Crippen LogP contribution in [-0.4, -0.2) is 41.0 Å². The van der Waals surface area contributed by atoms with Crippen LogP contribution in [-0.2, 0) is 21.4 Å². The smallest absolute Gasteiger partial charge is 0.417 e. The summed E-state index contributed by atoms with van der Waals surface area (Å²) in [6.07, 6.45) is -2.67. The molecule has 0 aliphatic heterocycles. The Balaban J connectivity index is 1.70. The molecule has 1 saturated carbocycles. The van der Waals surface area contributed by atoms with Crippen LogP contribution in [0, 0.1) is 18.3 Å². The quantitative estimate of drug-likeness (QED) is 0.517. The summed E-state index contributed by atoms with van der Waals surface area (Å²) in [6.45, 7) is 1.03. The predicted octanol–water partition coefficient (Wildman–Crippen LogP) is 3.60. The Morgan fingerprint density at radius 1 is 1.14 bits per heavy atom. The lowest BCUT2D eigenvalue weighted by Gasteiger charge is -2.16. The number of sulfone groups is 1. The summed E-state index contributed by atoms with van der Waals surface area (Å²) in [5.41, 5.74) is -2.79. The van der Waals surface area contributed by atoms with Crippen LogP contribution >= 0.6 is 0 Å². The third-order valence-corrected chi connectivity index (χ3v) is 6.61. The maximum atomic E-state index is 13.5. The van der Waals surface area contributed by atoms with Gasteiger partial charge in [-0.15, -0.1) is 15.3 Å². The van der Waals surface area contributed by atoms with E-state index in [1.807, 2.05) is 0 Å². The van der Waals surface area contributed by atoms with Gasteiger partial charge in [0.2, 0.25) is 5.88 Å². The highest BCUT2D eigenvalue weighted by Gasteiger charge is 2.46. The van der Waals surface area contributed by atoms with Crippen LogP contribution in [0.2, 0.25) is 0 Å². The Morgan fingerprint density at radius 2 is 1.86 bits per heavy atom. The van der Waals surface area contributed by atoms with Gasteiger partial charge in [0.05, 0.1) is 16.7 Å². The van der Waals surface area contributed by atoms with Crippen molar-refractivity contribution in [3.05, 3.63) is 58.9 Å². The van der Waals surface area contributed by atoms with Crippen LogP contribution in [0.15, 0.2) is 41.3 Å². The molecule has 10 nitrogen and oxygen atoms in total. The third kappa shape index (κ3) is 4.96. The SMILES string of the molecule is Cc1c(C(F)(F)F)nnc(Oc2ccc(C3(C#N)CC3)nn2)c1C(=O)Nc1cccc(S(C)(=O)=O)c1. The molecule has 3 aromatic rings. The van der Waals surface area contributed by atoms with E-state index >= 15 is 0 Å². The molecule has 4 rings (SSSR count). The molecule has 186 valence electrons. The molecule has 1 aromatic carbocycles. The molecule has 1 aliphatic carbocycles. The second-order valence-corrected chi connectivity index (χ2v) is 10.2. The van der Waals surface area contributed by atoms with Gasteiger partial charge in [-0.1, -0.05) is 6.07 Å². The molecule has 14 heteroatoms. The summed E-state index contributed by atoms with van der Waals surface area (Å²) < 4.78 is 69.5. The molecule has 36 heavy (non-hydrogen) atoms.